The van der Waals surface area contributed by atoms with Crippen LogP contribution in [0.3, 0.4) is 0 Å². The van der Waals surface area contributed by atoms with E-state index in [0.29, 0.717) is 11.6 Å². The van der Waals surface area contributed by atoms with E-state index in [-0.39, 0.29) is 12.0 Å². The van der Waals surface area contributed by atoms with E-state index in [1.807, 2.05) is 30.4 Å². The summed E-state index contributed by atoms with van der Waals surface area (Å²) in [5.41, 5.74) is 3.96. The van der Waals surface area contributed by atoms with E-state index in [2.05, 4.69) is 17.4 Å². The Balaban J connectivity index is 1.63. The maximum Gasteiger partial charge on any atom is 0.253 e. The van der Waals surface area contributed by atoms with Crippen LogP contribution in [0.2, 0.25) is 0 Å². The van der Waals surface area contributed by atoms with Crippen molar-refractivity contribution < 1.29 is 9.53 Å². The topological polar surface area (TPSA) is 41.6 Å². The molecule has 1 fully saturated rings. The first-order valence-corrected chi connectivity index (χ1v) is 9.51. The standard InChI is InChI=1S/C22H26N2O2/c1-24(2)22(25)15-7-6-10-20-18(13-15)19-14-17(11-12-21(19)26-20)23-16-8-4-3-5-9-16/h6-7,10-14,16,20,23H,3-5,8-9H2,1-2H3. The number of hydrogen-bond acceptors (Lipinski definition) is 3. The molecule has 3 aliphatic rings. The van der Waals surface area contributed by atoms with E-state index < -0.39 is 0 Å². The van der Waals surface area contributed by atoms with Crippen LogP contribution < -0.4 is 10.1 Å². The number of hydrogen-bond donors (Lipinski definition) is 1. The third-order valence-electron chi connectivity index (χ3n) is 5.35. The first kappa shape index (κ1) is 17.0. The van der Waals surface area contributed by atoms with Gasteiger partial charge in [-0.3, -0.25) is 4.79 Å². The molecule has 1 amide bonds. The van der Waals surface area contributed by atoms with Gasteiger partial charge in [-0.05, 0) is 49.3 Å². The molecule has 4 heteroatoms. The summed E-state index contributed by atoms with van der Waals surface area (Å²) in [6.07, 6.45) is 14.1. The van der Waals surface area contributed by atoms with Gasteiger partial charge in [0.05, 0.1) is 0 Å². The van der Waals surface area contributed by atoms with Crippen LogP contribution in [0.4, 0.5) is 5.69 Å². The van der Waals surface area contributed by atoms with Crippen LogP contribution in [0.15, 0.2) is 48.1 Å². The lowest BCUT2D eigenvalue weighted by molar-refractivity contribution is -0.124. The van der Waals surface area contributed by atoms with Crippen LogP contribution in [0.25, 0.3) is 5.57 Å². The van der Waals surface area contributed by atoms with Crippen molar-refractivity contribution in [1.82, 2.24) is 4.90 Å². The van der Waals surface area contributed by atoms with Crippen LogP contribution >= 0.6 is 0 Å². The Bertz CT molecular complexity index is 798. The van der Waals surface area contributed by atoms with E-state index in [1.54, 1.807) is 19.0 Å². The third-order valence-corrected chi connectivity index (χ3v) is 5.35. The molecule has 4 nitrogen and oxygen atoms in total. The number of benzene rings is 1. The van der Waals surface area contributed by atoms with Gasteiger partial charge in [0, 0.05) is 42.5 Å². The number of amides is 1. The second-order valence-electron chi connectivity index (χ2n) is 7.53. The molecule has 1 heterocycles. The van der Waals surface area contributed by atoms with Gasteiger partial charge in [-0.1, -0.05) is 25.3 Å². The molecular weight excluding hydrogens is 324 g/mol. The highest BCUT2D eigenvalue weighted by atomic mass is 16.5. The third kappa shape index (κ3) is 3.28. The molecule has 1 atom stereocenters. The number of anilines is 1. The van der Waals surface area contributed by atoms with Gasteiger partial charge in [-0.15, -0.1) is 0 Å². The number of nitrogens with zero attached hydrogens (tertiary/aromatic N) is 1. The molecule has 1 saturated carbocycles. The molecule has 1 aliphatic heterocycles. The largest absolute Gasteiger partial charge is 0.481 e. The van der Waals surface area contributed by atoms with Gasteiger partial charge in [0.25, 0.3) is 5.91 Å². The van der Waals surface area contributed by atoms with Crippen LogP contribution in [-0.2, 0) is 4.79 Å². The molecule has 2 aliphatic carbocycles. The average Bonchev–Trinajstić information content (AvgIpc) is 2.84. The Kier molecular flexibility index (Phi) is 4.58. The molecule has 0 radical (unpaired) electrons. The second kappa shape index (κ2) is 7.02. The first-order valence-electron chi connectivity index (χ1n) is 9.51. The molecule has 136 valence electrons. The maximum absolute atomic E-state index is 12.4. The fourth-order valence-corrected chi connectivity index (χ4v) is 3.95. The Morgan fingerprint density at radius 2 is 2.00 bits per heavy atom. The zero-order valence-corrected chi connectivity index (χ0v) is 15.5. The predicted octanol–water partition coefficient (Wildman–Crippen LogP) is 4.16. The van der Waals surface area contributed by atoms with E-state index in [0.717, 1.165) is 22.6 Å². The Morgan fingerprint density at radius 1 is 1.19 bits per heavy atom. The van der Waals surface area contributed by atoms with Crippen molar-refractivity contribution in [2.75, 3.05) is 19.4 Å². The average molecular weight is 350 g/mol. The molecule has 0 saturated heterocycles. The molecule has 1 unspecified atom stereocenters. The lowest BCUT2D eigenvalue weighted by Gasteiger charge is -2.24. The fraction of sp³-hybridized carbons (Fsp3) is 0.409. The molecule has 0 aromatic heterocycles. The SMILES string of the molecule is CN(C)C(=O)C1=CC=CC2Oc3ccc(NC4CCCCC4)cc3C2=C1. The number of ether oxygens (including phenoxy) is 1. The van der Waals surface area contributed by atoms with Crippen molar-refractivity contribution in [3.05, 3.63) is 53.6 Å². The van der Waals surface area contributed by atoms with Gasteiger partial charge in [0.2, 0.25) is 0 Å². The van der Waals surface area contributed by atoms with E-state index in [1.165, 1.54) is 32.1 Å². The van der Waals surface area contributed by atoms with Crippen molar-refractivity contribution >= 4 is 17.2 Å². The number of likely N-dealkylation sites (N-methyl/N-ethyl adjacent to an activating group) is 1. The molecule has 1 aromatic rings. The molecular formula is C22H26N2O2. The smallest absolute Gasteiger partial charge is 0.253 e. The van der Waals surface area contributed by atoms with Crippen LogP contribution in [0.1, 0.15) is 37.7 Å². The van der Waals surface area contributed by atoms with E-state index in [9.17, 15) is 4.79 Å². The van der Waals surface area contributed by atoms with Crippen LogP contribution in [-0.4, -0.2) is 37.0 Å². The fourth-order valence-electron chi connectivity index (χ4n) is 3.95. The normalized spacial score (nSPS) is 21.7. The molecule has 0 spiro atoms. The Morgan fingerprint density at radius 3 is 2.77 bits per heavy atom. The maximum atomic E-state index is 12.4. The summed E-state index contributed by atoms with van der Waals surface area (Å²) in [6.45, 7) is 0. The van der Waals surface area contributed by atoms with Gasteiger partial charge < -0.3 is 15.0 Å². The molecule has 1 aromatic carbocycles. The van der Waals surface area contributed by atoms with Gasteiger partial charge >= 0.3 is 0 Å². The number of carbonyl (C=O) groups is 1. The highest BCUT2D eigenvalue weighted by Crippen LogP contribution is 2.41. The van der Waals surface area contributed by atoms with E-state index in [4.69, 9.17) is 4.74 Å². The second-order valence-corrected chi connectivity index (χ2v) is 7.53. The zero-order chi connectivity index (χ0) is 18.1. The summed E-state index contributed by atoms with van der Waals surface area (Å²) < 4.78 is 6.08. The summed E-state index contributed by atoms with van der Waals surface area (Å²) in [5.74, 6) is 0.895. The molecule has 0 bridgehead atoms. The quantitative estimate of drug-likeness (QED) is 0.890. The van der Waals surface area contributed by atoms with Gasteiger partial charge in [-0.2, -0.15) is 0 Å². The van der Waals surface area contributed by atoms with Gasteiger partial charge in [0.1, 0.15) is 11.9 Å². The summed E-state index contributed by atoms with van der Waals surface area (Å²) in [5, 5.41) is 3.68. The Labute approximate surface area is 155 Å². The monoisotopic (exact) mass is 350 g/mol. The summed E-state index contributed by atoms with van der Waals surface area (Å²) in [6, 6.07) is 6.88. The number of allylic oxidation sites excluding steroid dienone is 2. The van der Waals surface area contributed by atoms with Crippen LogP contribution in [0.5, 0.6) is 5.75 Å². The lowest BCUT2D eigenvalue weighted by atomic mass is 9.95. The van der Waals surface area contributed by atoms with Crippen LogP contribution in [0, 0.1) is 0 Å². The highest BCUT2D eigenvalue weighted by Gasteiger charge is 2.29. The summed E-state index contributed by atoms with van der Waals surface area (Å²) >= 11 is 0. The minimum atomic E-state index is -0.126. The first-order chi connectivity index (χ1) is 12.6. The van der Waals surface area contributed by atoms with Gasteiger partial charge in [-0.25, -0.2) is 0 Å². The summed E-state index contributed by atoms with van der Waals surface area (Å²) in [4.78, 5) is 14.0. The van der Waals surface area contributed by atoms with Crippen molar-refractivity contribution in [3.63, 3.8) is 0 Å². The minimum absolute atomic E-state index is 0.00716. The highest BCUT2D eigenvalue weighted by molar-refractivity contribution is 6.00. The molecule has 1 N–H and O–H groups in total. The number of carbonyl (C=O) groups excluding carboxylic acids is 1. The zero-order valence-electron chi connectivity index (χ0n) is 15.5. The van der Waals surface area contributed by atoms with E-state index >= 15 is 0 Å². The Hall–Kier alpha value is -2.49. The predicted molar refractivity (Wildman–Crippen MR) is 105 cm³/mol. The number of fused-ring (bicyclic) bond motifs is 3. The van der Waals surface area contributed by atoms with Crippen molar-refractivity contribution in [1.29, 1.82) is 0 Å². The molecule has 26 heavy (non-hydrogen) atoms. The van der Waals surface area contributed by atoms with Crippen molar-refractivity contribution in [2.45, 2.75) is 44.2 Å². The van der Waals surface area contributed by atoms with Crippen molar-refractivity contribution in [2.24, 2.45) is 0 Å². The summed E-state index contributed by atoms with van der Waals surface area (Å²) in [7, 11) is 3.55. The minimum Gasteiger partial charge on any atom is -0.481 e. The van der Waals surface area contributed by atoms with Crippen molar-refractivity contribution in [3.8, 4) is 5.75 Å². The molecule has 4 rings (SSSR count). The number of rotatable bonds is 3. The lowest BCUT2D eigenvalue weighted by Crippen LogP contribution is -2.23. The number of nitrogens with one attached hydrogen (secondary N) is 1. The van der Waals surface area contributed by atoms with Gasteiger partial charge in [0.15, 0.2) is 0 Å².